The number of hydrogen-bond donors (Lipinski definition) is 1. The highest BCUT2D eigenvalue weighted by molar-refractivity contribution is 7.88. The van der Waals surface area contributed by atoms with Crippen molar-refractivity contribution in [1.29, 1.82) is 0 Å². The Bertz CT molecular complexity index is 725. The second-order valence-electron chi connectivity index (χ2n) is 6.52. The molecule has 0 aliphatic carbocycles. The maximum Gasteiger partial charge on any atom is 0.224 e. The molecule has 1 aliphatic rings. The fraction of sp³-hybridized carbons (Fsp3) is 0.588. The third-order valence-electron chi connectivity index (χ3n) is 4.48. The van der Waals surface area contributed by atoms with Gasteiger partial charge in [-0.25, -0.2) is 12.7 Å². The van der Waals surface area contributed by atoms with Gasteiger partial charge in [0.15, 0.2) is 0 Å². The standard InChI is InChI=1S/C17H24Cl2N2O3S/c1-3-12(2)20-17(22)14-5-4-8-21(10-14)25(23,24)11-13-6-7-15(18)16(19)9-13/h6-7,9,12,14H,3-5,8,10-11H2,1-2H3,(H,20,22)/t12-,14+/m0/s1. The molecule has 0 aromatic heterocycles. The smallest absolute Gasteiger partial charge is 0.224 e. The molecule has 1 saturated heterocycles. The number of sulfonamides is 1. The molecule has 1 aliphatic heterocycles. The zero-order valence-electron chi connectivity index (χ0n) is 14.5. The van der Waals surface area contributed by atoms with Crippen molar-refractivity contribution in [2.75, 3.05) is 13.1 Å². The maximum absolute atomic E-state index is 12.7. The predicted molar refractivity (Wildman–Crippen MR) is 101 cm³/mol. The van der Waals surface area contributed by atoms with Crippen LogP contribution in [-0.4, -0.2) is 37.8 Å². The van der Waals surface area contributed by atoms with Crippen LogP contribution < -0.4 is 5.32 Å². The first kappa shape index (κ1) is 20.5. The molecule has 1 N–H and O–H groups in total. The van der Waals surface area contributed by atoms with E-state index in [2.05, 4.69) is 5.32 Å². The fourth-order valence-corrected chi connectivity index (χ4v) is 4.72. The molecule has 2 rings (SSSR count). The van der Waals surface area contributed by atoms with Crippen molar-refractivity contribution in [3.63, 3.8) is 0 Å². The number of piperidine rings is 1. The second-order valence-corrected chi connectivity index (χ2v) is 9.30. The molecule has 0 unspecified atom stereocenters. The van der Waals surface area contributed by atoms with Gasteiger partial charge in [0.1, 0.15) is 0 Å². The Kier molecular flexibility index (Phi) is 7.14. The molecule has 0 spiro atoms. The summed E-state index contributed by atoms with van der Waals surface area (Å²) >= 11 is 11.8. The Morgan fingerprint density at radius 2 is 2.08 bits per heavy atom. The van der Waals surface area contributed by atoms with E-state index in [9.17, 15) is 13.2 Å². The van der Waals surface area contributed by atoms with E-state index in [-0.39, 0.29) is 30.2 Å². The van der Waals surface area contributed by atoms with Crippen molar-refractivity contribution in [2.24, 2.45) is 5.92 Å². The average Bonchev–Trinajstić information content (AvgIpc) is 2.58. The minimum Gasteiger partial charge on any atom is -0.353 e. The van der Waals surface area contributed by atoms with Crippen LogP contribution in [0.2, 0.25) is 10.0 Å². The topological polar surface area (TPSA) is 66.5 Å². The summed E-state index contributed by atoms with van der Waals surface area (Å²) in [4.78, 5) is 12.3. The van der Waals surface area contributed by atoms with Crippen molar-refractivity contribution in [3.8, 4) is 0 Å². The van der Waals surface area contributed by atoms with Crippen molar-refractivity contribution in [1.82, 2.24) is 9.62 Å². The number of nitrogens with one attached hydrogen (secondary N) is 1. The average molecular weight is 407 g/mol. The van der Waals surface area contributed by atoms with E-state index in [4.69, 9.17) is 23.2 Å². The summed E-state index contributed by atoms with van der Waals surface area (Å²) in [5.41, 5.74) is 0.584. The number of carbonyl (C=O) groups is 1. The Morgan fingerprint density at radius 3 is 2.72 bits per heavy atom. The third-order valence-corrected chi connectivity index (χ3v) is 7.04. The van der Waals surface area contributed by atoms with Gasteiger partial charge in [0, 0.05) is 19.1 Å². The Labute approximate surface area is 159 Å². The largest absolute Gasteiger partial charge is 0.353 e. The lowest BCUT2D eigenvalue weighted by Gasteiger charge is -2.31. The van der Waals surface area contributed by atoms with Crippen LogP contribution in [0.5, 0.6) is 0 Å². The van der Waals surface area contributed by atoms with Crippen molar-refractivity contribution in [2.45, 2.75) is 44.9 Å². The van der Waals surface area contributed by atoms with E-state index in [1.54, 1.807) is 18.2 Å². The second kappa shape index (κ2) is 8.71. The molecule has 0 bridgehead atoms. The van der Waals surface area contributed by atoms with Crippen LogP contribution in [0.25, 0.3) is 0 Å². The van der Waals surface area contributed by atoms with E-state index < -0.39 is 10.0 Å². The highest BCUT2D eigenvalue weighted by atomic mass is 35.5. The summed E-state index contributed by atoms with van der Waals surface area (Å²) in [7, 11) is -3.51. The predicted octanol–water partition coefficient (Wildman–Crippen LogP) is 3.45. The van der Waals surface area contributed by atoms with E-state index in [0.29, 0.717) is 35.0 Å². The molecule has 25 heavy (non-hydrogen) atoms. The SMILES string of the molecule is CC[C@H](C)NC(=O)[C@@H]1CCCN(S(=O)(=O)Cc2ccc(Cl)c(Cl)c2)C1. The van der Waals surface area contributed by atoms with Gasteiger partial charge in [0.25, 0.3) is 0 Å². The molecule has 0 radical (unpaired) electrons. The number of rotatable bonds is 6. The third kappa shape index (κ3) is 5.58. The molecule has 2 atom stereocenters. The monoisotopic (exact) mass is 406 g/mol. The quantitative estimate of drug-likeness (QED) is 0.786. The first-order valence-electron chi connectivity index (χ1n) is 8.45. The number of amides is 1. The molecule has 1 fully saturated rings. The highest BCUT2D eigenvalue weighted by Crippen LogP contribution is 2.26. The molecule has 140 valence electrons. The van der Waals surface area contributed by atoms with Crippen LogP contribution in [0.4, 0.5) is 0 Å². The first-order chi connectivity index (χ1) is 11.7. The Morgan fingerprint density at radius 1 is 1.36 bits per heavy atom. The van der Waals surface area contributed by atoms with Gasteiger partial charge in [-0.05, 0) is 43.9 Å². The minimum absolute atomic E-state index is 0.0659. The number of halogens is 2. The van der Waals surface area contributed by atoms with Crippen LogP contribution in [0.1, 0.15) is 38.7 Å². The molecule has 0 saturated carbocycles. The normalized spacial score (nSPS) is 20.2. The van der Waals surface area contributed by atoms with E-state index in [1.165, 1.54) is 4.31 Å². The van der Waals surface area contributed by atoms with Crippen LogP contribution in [0.15, 0.2) is 18.2 Å². The molecule has 8 heteroatoms. The van der Waals surface area contributed by atoms with Gasteiger partial charge in [-0.15, -0.1) is 0 Å². The first-order valence-corrected chi connectivity index (χ1v) is 10.8. The molecule has 1 heterocycles. The van der Waals surface area contributed by atoms with Crippen LogP contribution in [0.3, 0.4) is 0 Å². The minimum atomic E-state index is -3.51. The summed E-state index contributed by atoms with van der Waals surface area (Å²) in [5, 5.41) is 3.67. The summed E-state index contributed by atoms with van der Waals surface area (Å²) in [6, 6.07) is 4.91. The van der Waals surface area contributed by atoms with Gasteiger partial charge in [-0.1, -0.05) is 36.2 Å². The number of benzene rings is 1. The Hall–Kier alpha value is -0.820. The van der Waals surface area contributed by atoms with Crippen molar-refractivity contribution in [3.05, 3.63) is 33.8 Å². The van der Waals surface area contributed by atoms with E-state index >= 15 is 0 Å². The molecule has 1 aromatic rings. The van der Waals surface area contributed by atoms with Crippen molar-refractivity contribution < 1.29 is 13.2 Å². The molecule has 1 aromatic carbocycles. The Balaban J connectivity index is 2.05. The molecule has 1 amide bonds. The maximum atomic E-state index is 12.7. The molecular weight excluding hydrogens is 383 g/mol. The molecular formula is C17H24Cl2N2O3S. The van der Waals surface area contributed by atoms with Gasteiger partial charge >= 0.3 is 0 Å². The summed E-state index contributed by atoms with van der Waals surface area (Å²) < 4.78 is 26.8. The lowest BCUT2D eigenvalue weighted by atomic mass is 9.98. The summed E-state index contributed by atoms with van der Waals surface area (Å²) in [6.45, 7) is 4.61. The zero-order valence-corrected chi connectivity index (χ0v) is 16.8. The molecule has 5 nitrogen and oxygen atoms in total. The van der Waals surface area contributed by atoms with Gasteiger partial charge in [-0.3, -0.25) is 4.79 Å². The van der Waals surface area contributed by atoms with Crippen LogP contribution >= 0.6 is 23.2 Å². The van der Waals surface area contributed by atoms with Crippen LogP contribution in [-0.2, 0) is 20.6 Å². The van der Waals surface area contributed by atoms with Crippen LogP contribution in [0, 0.1) is 5.92 Å². The van der Waals surface area contributed by atoms with Gasteiger partial charge in [0.2, 0.25) is 15.9 Å². The van der Waals surface area contributed by atoms with Gasteiger partial charge in [0.05, 0.1) is 21.7 Å². The number of nitrogens with zero attached hydrogens (tertiary/aromatic N) is 1. The number of hydrogen-bond acceptors (Lipinski definition) is 3. The van der Waals surface area contributed by atoms with E-state index in [0.717, 1.165) is 6.42 Å². The van der Waals surface area contributed by atoms with Gasteiger partial charge in [-0.2, -0.15) is 0 Å². The lowest BCUT2D eigenvalue weighted by molar-refractivity contribution is -0.126. The van der Waals surface area contributed by atoms with Crippen molar-refractivity contribution >= 4 is 39.1 Å². The fourth-order valence-electron chi connectivity index (χ4n) is 2.80. The van der Waals surface area contributed by atoms with E-state index in [1.807, 2.05) is 13.8 Å². The highest BCUT2D eigenvalue weighted by Gasteiger charge is 2.32. The summed E-state index contributed by atoms with van der Waals surface area (Å²) in [6.07, 6.45) is 2.23. The number of carbonyl (C=O) groups excluding carboxylic acids is 1. The lowest BCUT2D eigenvalue weighted by Crippen LogP contribution is -2.47. The zero-order chi connectivity index (χ0) is 18.6. The van der Waals surface area contributed by atoms with Gasteiger partial charge < -0.3 is 5.32 Å². The summed E-state index contributed by atoms with van der Waals surface area (Å²) in [5.74, 6) is -0.515.